The Morgan fingerprint density at radius 3 is 2.16 bits per heavy atom. The van der Waals surface area contributed by atoms with E-state index in [0.717, 1.165) is 28.1 Å². The summed E-state index contributed by atoms with van der Waals surface area (Å²) in [5.41, 5.74) is 5.25. The maximum Gasteiger partial charge on any atom is 0.124 e. The number of para-hydroxylation sites is 1. The van der Waals surface area contributed by atoms with Crippen molar-refractivity contribution >= 4 is 22.9 Å². The Hall–Kier alpha value is -2.62. The predicted molar refractivity (Wildman–Crippen MR) is 105 cm³/mol. The van der Waals surface area contributed by atoms with Gasteiger partial charge in [-0.3, -0.25) is 0 Å². The minimum Gasteiger partial charge on any atom is -0.507 e. The molecule has 122 valence electrons. The van der Waals surface area contributed by atoms with Crippen molar-refractivity contribution in [1.82, 2.24) is 4.98 Å². The van der Waals surface area contributed by atoms with Crippen molar-refractivity contribution in [3.63, 3.8) is 0 Å². The third kappa shape index (κ3) is 3.16. The lowest BCUT2D eigenvalue weighted by atomic mass is 10.0. The van der Waals surface area contributed by atoms with Crippen LogP contribution in [0.2, 0.25) is 5.02 Å². The van der Waals surface area contributed by atoms with E-state index in [9.17, 15) is 5.11 Å². The van der Waals surface area contributed by atoms with Crippen molar-refractivity contribution < 1.29 is 5.11 Å². The highest BCUT2D eigenvalue weighted by atomic mass is 35.5. The highest BCUT2D eigenvalue weighted by Crippen LogP contribution is 2.35. The zero-order chi connectivity index (χ0) is 17.2. The summed E-state index contributed by atoms with van der Waals surface area (Å²) >= 11 is 8.03. The number of phenols is 1. The lowest BCUT2D eigenvalue weighted by Crippen LogP contribution is -1.91. The highest BCUT2D eigenvalue weighted by Gasteiger charge is 2.12. The largest absolute Gasteiger partial charge is 0.507 e. The van der Waals surface area contributed by atoms with Gasteiger partial charge in [0, 0.05) is 16.1 Å². The lowest BCUT2D eigenvalue weighted by molar-refractivity contribution is 0.477. The minimum absolute atomic E-state index is 0.211. The van der Waals surface area contributed by atoms with Crippen LogP contribution in [-0.2, 0) is 0 Å². The molecule has 4 heteroatoms. The fourth-order valence-corrected chi connectivity index (χ4v) is 3.66. The number of halogens is 1. The number of nitrogens with zero attached hydrogens (tertiary/aromatic N) is 1. The molecular formula is C21H14ClNOS. The molecule has 0 amide bonds. The van der Waals surface area contributed by atoms with Crippen molar-refractivity contribution in [3.05, 3.63) is 82.5 Å². The number of rotatable bonds is 3. The first-order chi connectivity index (χ1) is 12.2. The molecule has 0 aliphatic heterocycles. The van der Waals surface area contributed by atoms with Gasteiger partial charge in [0.05, 0.1) is 11.4 Å². The summed E-state index contributed by atoms with van der Waals surface area (Å²) in [6.45, 7) is 0. The second-order valence-electron chi connectivity index (χ2n) is 5.64. The molecule has 0 radical (unpaired) electrons. The average Bonchev–Trinajstić information content (AvgIpc) is 3.17. The SMILES string of the molecule is Oc1ccccc1-c1cc(-c2ccsc2)cc(-c2ccccc2Cl)n1. The van der Waals surface area contributed by atoms with Gasteiger partial charge in [-0.05, 0) is 58.3 Å². The van der Waals surface area contributed by atoms with Gasteiger partial charge >= 0.3 is 0 Å². The molecule has 2 heterocycles. The molecule has 2 nitrogen and oxygen atoms in total. The zero-order valence-electron chi connectivity index (χ0n) is 13.2. The second kappa shape index (κ2) is 6.71. The Morgan fingerprint density at radius 1 is 0.800 bits per heavy atom. The van der Waals surface area contributed by atoms with Gasteiger partial charge in [-0.1, -0.05) is 41.9 Å². The second-order valence-corrected chi connectivity index (χ2v) is 6.82. The fourth-order valence-electron chi connectivity index (χ4n) is 2.76. The monoisotopic (exact) mass is 363 g/mol. The molecule has 0 unspecified atom stereocenters. The lowest BCUT2D eigenvalue weighted by Gasteiger charge is -2.11. The third-order valence-electron chi connectivity index (χ3n) is 4.01. The van der Waals surface area contributed by atoms with Crippen molar-refractivity contribution in [2.75, 3.05) is 0 Å². The first kappa shape index (κ1) is 15.9. The number of hydrogen-bond donors (Lipinski definition) is 1. The van der Waals surface area contributed by atoms with Gasteiger partial charge in [0.25, 0.3) is 0 Å². The van der Waals surface area contributed by atoms with E-state index >= 15 is 0 Å². The highest BCUT2D eigenvalue weighted by molar-refractivity contribution is 7.08. The van der Waals surface area contributed by atoms with Crippen molar-refractivity contribution in [3.8, 4) is 39.4 Å². The van der Waals surface area contributed by atoms with E-state index in [1.54, 1.807) is 23.5 Å². The van der Waals surface area contributed by atoms with Gasteiger partial charge in [-0.2, -0.15) is 11.3 Å². The van der Waals surface area contributed by atoms with Crippen molar-refractivity contribution in [2.45, 2.75) is 0 Å². The number of aromatic nitrogens is 1. The van der Waals surface area contributed by atoms with Gasteiger partial charge in [0.1, 0.15) is 5.75 Å². The number of phenolic OH excluding ortho intramolecular Hbond substituents is 1. The normalized spacial score (nSPS) is 10.8. The predicted octanol–water partition coefficient (Wildman–Crippen LogP) is 6.50. The van der Waals surface area contributed by atoms with E-state index < -0.39 is 0 Å². The summed E-state index contributed by atoms with van der Waals surface area (Å²) in [4.78, 5) is 4.76. The Morgan fingerprint density at radius 2 is 1.48 bits per heavy atom. The van der Waals surface area contributed by atoms with Crippen LogP contribution in [0.25, 0.3) is 33.6 Å². The fraction of sp³-hybridized carbons (Fsp3) is 0. The molecule has 1 N–H and O–H groups in total. The summed E-state index contributed by atoms with van der Waals surface area (Å²) < 4.78 is 0. The summed E-state index contributed by atoms with van der Waals surface area (Å²) in [7, 11) is 0. The van der Waals surface area contributed by atoms with Gasteiger partial charge in [-0.25, -0.2) is 4.98 Å². The molecule has 2 aromatic heterocycles. The number of pyridine rings is 1. The summed E-state index contributed by atoms with van der Waals surface area (Å²) in [5.74, 6) is 0.211. The number of hydrogen-bond acceptors (Lipinski definition) is 3. The quantitative estimate of drug-likeness (QED) is 0.450. The number of aromatic hydroxyl groups is 1. The summed E-state index contributed by atoms with van der Waals surface area (Å²) in [6, 6.07) is 21.0. The molecule has 4 rings (SSSR count). The van der Waals surface area contributed by atoms with Crippen LogP contribution in [0.3, 0.4) is 0 Å². The Kier molecular flexibility index (Phi) is 4.26. The van der Waals surface area contributed by atoms with E-state index in [-0.39, 0.29) is 5.75 Å². The third-order valence-corrected chi connectivity index (χ3v) is 5.02. The van der Waals surface area contributed by atoms with Crippen LogP contribution < -0.4 is 0 Å². The van der Waals surface area contributed by atoms with Gasteiger partial charge in [-0.15, -0.1) is 0 Å². The maximum absolute atomic E-state index is 10.2. The van der Waals surface area contributed by atoms with E-state index in [2.05, 4.69) is 11.4 Å². The van der Waals surface area contributed by atoms with Gasteiger partial charge in [0.2, 0.25) is 0 Å². The van der Waals surface area contributed by atoms with E-state index in [1.165, 1.54) is 0 Å². The molecule has 0 aliphatic rings. The smallest absolute Gasteiger partial charge is 0.124 e. The molecule has 0 spiro atoms. The minimum atomic E-state index is 0.211. The molecular weight excluding hydrogens is 350 g/mol. The van der Waals surface area contributed by atoms with Crippen LogP contribution in [0.1, 0.15) is 0 Å². The zero-order valence-corrected chi connectivity index (χ0v) is 14.8. The van der Waals surface area contributed by atoms with Crippen molar-refractivity contribution in [2.24, 2.45) is 0 Å². The van der Waals surface area contributed by atoms with Crippen LogP contribution in [-0.4, -0.2) is 10.1 Å². The Bertz CT molecular complexity index is 964. The van der Waals surface area contributed by atoms with E-state index in [1.807, 2.05) is 53.9 Å². The molecule has 25 heavy (non-hydrogen) atoms. The molecule has 0 fully saturated rings. The Balaban J connectivity index is 1.96. The molecule has 0 saturated heterocycles. The van der Waals surface area contributed by atoms with Gasteiger partial charge in [0.15, 0.2) is 0 Å². The van der Waals surface area contributed by atoms with Crippen LogP contribution >= 0.6 is 22.9 Å². The number of benzene rings is 2. The summed E-state index contributed by atoms with van der Waals surface area (Å²) in [5, 5.41) is 15.0. The van der Waals surface area contributed by atoms with Crippen molar-refractivity contribution in [1.29, 1.82) is 0 Å². The average molecular weight is 364 g/mol. The Labute approximate surface area is 155 Å². The van der Waals surface area contributed by atoms with Crippen LogP contribution in [0, 0.1) is 0 Å². The number of thiophene rings is 1. The molecule has 2 aromatic carbocycles. The standard InChI is InChI=1S/C21H14ClNOS/c22-18-7-3-1-5-16(18)19-11-15(14-9-10-25-13-14)12-20(23-19)17-6-2-4-8-21(17)24/h1-13,24H. The summed E-state index contributed by atoms with van der Waals surface area (Å²) in [6.07, 6.45) is 0. The van der Waals surface area contributed by atoms with Crippen LogP contribution in [0.15, 0.2) is 77.5 Å². The molecule has 0 aliphatic carbocycles. The van der Waals surface area contributed by atoms with Crippen LogP contribution in [0.4, 0.5) is 0 Å². The van der Waals surface area contributed by atoms with Crippen LogP contribution in [0.5, 0.6) is 5.75 Å². The molecule has 0 atom stereocenters. The van der Waals surface area contributed by atoms with Gasteiger partial charge < -0.3 is 5.11 Å². The maximum atomic E-state index is 10.2. The molecule has 4 aromatic rings. The topological polar surface area (TPSA) is 33.1 Å². The first-order valence-corrected chi connectivity index (χ1v) is 9.12. The van der Waals surface area contributed by atoms with E-state index in [0.29, 0.717) is 10.6 Å². The van der Waals surface area contributed by atoms with E-state index in [4.69, 9.17) is 16.6 Å². The molecule has 0 saturated carbocycles. The first-order valence-electron chi connectivity index (χ1n) is 7.80. The molecule has 0 bridgehead atoms.